The number of hydrogen-bond acceptors (Lipinski definition) is 4. The summed E-state index contributed by atoms with van der Waals surface area (Å²) in [6, 6.07) is 1.83. The highest BCUT2D eigenvalue weighted by atomic mass is 35.5. The number of thioether (sulfide) groups is 1. The van der Waals surface area contributed by atoms with Gasteiger partial charge in [0.25, 0.3) is 0 Å². The number of aromatic nitrogens is 2. The van der Waals surface area contributed by atoms with Gasteiger partial charge in [0.05, 0.1) is 11.4 Å². The van der Waals surface area contributed by atoms with E-state index < -0.39 is 0 Å². The minimum Gasteiger partial charge on any atom is -0.396 e. The molecular weight excluding hydrogens is 218 g/mol. The molecule has 5 heteroatoms. The zero-order valence-corrected chi connectivity index (χ0v) is 9.31. The van der Waals surface area contributed by atoms with Crippen molar-refractivity contribution in [3.63, 3.8) is 0 Å². The Hall–Kier alpha value is -0.480. The van der Waals surface area contributed by atoms with E-state index in [-0.39, 0.29) is 0 Å². The number of hydrogen-bond donors (Lipinski definition) is 1. The molecule has 1 fully saturated rings. The number of rotatable bonds is 2. The molecule has 1 unspecified atom stereocenters. The van der Waals surface area contributed by atoms with Crippen molar-refractivity contribution in [1.82, 2.24) is 10.2 Å². The molecule has 0 saturated carbocycles. The first kappa shape index (κ1) is 10.1. The van der Waals surface area contributed by atoms with Crippen molar-refractivity contribution >= 4 is 29.1 Å². The van der Waals surface area contributed by atoms with Crippen LogP contribution >= 0.6 is 23.4 Å². The molecule has 76 valence electrons. The molecule has 2 N–H and O–H groups in total. The monoisotopic (exact) mass is 229 g/mol. The quantitative estimate of drug-likeness (QED) is 0.843. The summed E-state index contributed by atoms with van der Waals surface area (Å²) in [5.74, 6) is 3.22. The van der Waals surface area contributed by atoms with Crippen molar-refractivity contribution in [3.8, 4) is 0 Å². The van der Waals surface area contributed by atoms with Gasteiger partial charge in [-0.1, -0.05) is 11.6 Å². The lowest BCUT2D eigenvalue weighted by Crippen LogP contribution is -2.06. The molecule has 1 aromatic rings. The summed E-state index contributed by atoms with van der Waals surface area (Å²) < 4.78 is 0. The summed E-state index contributed by atoms with van der Waals surface area (Å²) in [5.41, 5.74) is 7.14. The van der Waals surface area contributed by atoms with E-state index in [2.05, 4.69) is 10.2 Å². The van der Waals surface area contributed by atoms with Gasteiger partial charge in [-0.2, -0.15) is 16.9 Å². The topological polar surface area (TPSA) is 51.8 Å². The molecule has 0 spiro atoms. The van der Waals surface area contributed by atoms with Crippen molar-refractivity contribution in [1.29, 1.82) is 0 Å². The predicted molar refractivity (Wildman–Crippen MR) is 60.6 cm³/mol. The second kappa shape index (κ2) is 4.36. The largest absolute Gasteiger partial charge is 0.396 e. The first-order chi connectivity index (χ1) is 6.75. The highest BCUT2D eigenvalue weighted by molar-refractivity contribution is 7.99. The summed E-state index contributed by atoms with van der Waals surface area (Å²) in [6.07, 6.45) is 2.25. The normalized spacial score (nSPS) is 21.4. The molecule has 3 nitrogen and oxygen atoms in total. The third-order valence-corrected chi connectivity index (χ3v) is 3.87. The molecular formula is C9H12ClN3S. The summed E-state index contributed by atoms with van der Waals surface area (Å²) in [5, 5.41) is 8.14. The Kier molecular flexibility index (Phi) is 3.13. The van der Waals surface area contributed by atoms with Gasteiger partial charge >= 0.3 is 0 Å². The Morgan fingerprint density at radius 3 is 3.07 bits per heavy atom. The molecule has 0 radical (unpaired) electrons. The van der Waals surface area contributed by atoms with Crippen molar-refractivity contribution in [3.05, 3.63) is 16.9 Å². The maximum Gasteiger partial charge on any atom is 0.174 e. The van der Waals surface area contributed by atoms with Crippen LogP contribution in [0, 0.1) is 5.92 Å². The molecule has 0 bridgehead atoms. The van der Waals surface area contributed by atoms with Crippen LogP contribution in [0.3, 0.4) is 0 Å². The Morgan fingerprint density at radius 1 is 1.57 bits per heavy atom. The van der Waals surface area contributed by atoms with Crippen molar-refractivity contribution in [2.45, 2.75) is 12.8 Å². The Bertz CT molecular complexity index is 326. The first-order valence-corrected chi connectivity index (χ1v) is 6.14. The molecule has 2 heterocycles. The van der Waals surface area contributed by atoms with Crippen molar-refractivity contribution in [2.24, 2.45) is 5.92 Å². The fraction of sp³-hybridized carbons (Fsp3) is 0.556. The van der Waals surface area contributed by atoms with Crippen LogP contribution in [0.2, 0.25) is 5.15 Å². The summed E-state index contributed by atoms with van der Waals surface area (Å²) >= 11 is 7.70. The van der Waals surface area contributed by atoms with Crippen LogP contribution in [0.25, 0.3) is 0 Å². The molecule has 0 aliphatic carbocycles. The van der Waals surface area contributed by atoms with Gasteiger partial charge < -0.3 is 5.73 Å². The standard InChI is InChI=1S/C9H12ClN3S/c10-9-8(11)4-7(12-13-9)3-6-1-2-14-5-6/h4,6H,1-3,5H2,(H2,11,12). The van der Waals surface area contributed by atoms with Crippen LogP contribution in [-0.4, -0.2) is 21.7 Å². The third-order valence-electron chi connectivity index (χ3n) is 2.35. The predicted octanol–water partition coefficient (Wildman–Crippen LogP) is 2.01. The van der Waals surface area contributed by atoms with E-state index in [4.69, 9.17) is 17.3 Å². The second-order valence-corrected chi connectivity index (χ2v) is 5.02. The van der Waals surface area contributed by atoms with Gasteiger partial charge in [-0.25, -0.2) is 0 Å². The van der Waals surface area contributed by atoms with Crippen LogP contribution in [0.4, 0.5) is 5.69 Å². The van der Waals surface area contributed by atoms with Gasteiger partial charge in [-0.05, 0) is 36.3 Å². The highest BCUT2D eigenvalue weighted by Crippen LogP contribution is 2.26. The zero-order chi connectivity index (χ0) is 9.97. The van der Waals surface area contributed by atoms with E-state index in [1.54, 1.807) is 0 Å². The van der Waals surface area contributed by atoms with Gasteiger partial charge in [0.15, 0.2) is 5.15 Å². The van der Waals surface area contributed by atoms with Gasteiger partial charge in [0, 0.05) is 0 Å². The Balaban J connectivity index is 2.05. The third kappa shape index (κ3) is 2.30. The second-order valence-electron chi connectivity index (χ2n) is 3.52. The summed E-state index contributed by atoms with van der Waals surface area (Å²) in [6.45, 7) is 0. The molecule has 1 saturated heterocycles. The first-order valence-electron chi connectivity index (χ1n) is 4.61. The van der Waals surface area contributed by atoms with E-state index in [1.165, 1.54) is 17.9 Å². The van der Waals surface area contributed by atoms with Crippen molar-refractivity contribution < 1.29 is 0 Å². The molecule has 0 amide bonds. The maximum absolute atomic E-state index is 5.69. The van der Waals surface area contributed by atoms with Gasteiger partial charge in [-0.15, -0.1) is 5.10 Å². The molecule has 2 rings (SSSR count). The molecule has 0 aromatic carbocycles. The fourth-order valence-corrected chi connectivity index (χ4v) is 2.95. The lowest BCUT2D eigenvalue weighted by Gasteiger charge is -2.07. The van der Waals surface area contributed by atoms with Crippen LogP contribution in [0.5, 0.6) is 0 Å². The van der Waals surface area contributed by atoms with Crippen LogP contribution in [0.15, 0.2) is 6.07 Å². The number of nitrogens with zero attached hydrogens (tertiary/aromatic N) is 2. The lowest BCUT2D eigenvalue weighted by atomic mass is 10.0. The SMILES string of the molecule is Nc1cc(CC2CCSC2)nnc1Cl. The number of anilines is 1. The molecule has 1 aromatic heterocycles. The van der Waals surface area contributed by atoms with E-state index in [0.29, 0.717) is 10.8 Å². The van der Waals surface area contributed by atoms with Crippen LogP contribution in [0.1, 0.15) is 12.1 Å². The number of nitrogen functional groups attached to an aromatic ring is 1. The molecule has 1 aliphatic heterocycles. The Morgan fingerprint density at radius 2 is 2.43 bits per heavy atom. The van der Waals surface area contributed by atoms with Crippen LogP contribution < -0.4 is 5.73 Å². The summed E-state index contributed by atoms with van der Waals surface area (Å²) in [4.78, 5) is 0. The van der Waals surface area contributed by atoms with Crippen LogP contribution in [-0.2, 0) is 6.42 Å². The lowest BCUT2D eigenvalue weighted by molar-refractivity contribution is 0.582. The molecule has 1 atom stereocenters. The molecule has 14 heavy (non-hydrogen) atoms. The maximum atomic E-state index is 5.69. The van der Waals surface area contributed by atoms with E-state index in [9.17, 15) is 0 Å². The van der Waals surface area contributed by atoms with Gasteiger partial charge in [0.2, 0.25) is 0 Å². The smallest absolute Gasteiger partial charge is 0.174 e. The zero-order valence-electron chi connectivity index (χ0n) is 7.74. The minimum atomic E-state index is 0.301. The number of halogens is 1. The highest BCUT2D eigenvalue weighted by Gasteiger charge is 2.17. The summed E-state index contributed by atoms with van der Waals surface area (Å²) in [7, 11) is 0. The Labute approximate surface area is 92.4 Å². The average Bonchev–Trinajstić information content (AvgIpc) is 2.64. The number of nitrogens with two attached hydrogens (primary N) is 1. The average molecular weight is 230 g/mol. The molecule has 1 aliphatic rings. The van der Waals surface area contributed by atoms with Crippen molar-refractivity contribution in [2.75, 3.05) is 17.2 Å². The van der Waals surface area contributed by atoms with E-state index in [0.717, 1.165) is 18.0 Å². The van der Waals surface area contributed by atoms with Gasteiger partial charge in [0.1, 0.15) is 0 Å². The fourth-order valence-electron chi connectivity index (χ4n) is 1.57. The minimum absolute atomic E-state index is 0.301. The van der Waals surface area contributed by atoms with E-state index in [1.807, 2.05) is 17.8 Å². The van der Waals surface area contributed by atoms with E-state index >= 15 is 0 Å². The van der Waals surface area contributed by atoms with Gasteiger partial charge in [-0.3, -0.25) is 0 Å².